The topological polar surface area (TPSA) is 123 Å². The van der Waals surface area contributed by atoms with E-state index in [1.165, 1.54) is 16.7 Å². The lowest BCUT2D eigenvalue weighted by atomic mass is 9.96. The molecule has 3 N–H and O–H groups in total. The van der Waals surface area contributed by atoms with Crippen LogP contribution in [0.3, 0.4) is 0 Å². The lowest BCUT2D eigenvalue weighted by molar-refractivity contribution is -0.136. The number of piperidine rings is 1. The number of benzene rings is 4. The molecule has 55 heavy (non-hydrogen) atoms. The molecule has 2 fully saturated rings. The van der Waals surface area contributed by atoms with Gasteiger partial charge < -0.3 is 24.7 Å². The molecule has 4 aromatic rings. The van der Waals surface area contributed by atoms with Gasteiger partial charge in [0.2, 0.25) is 11.8 Å². The normalized spacial score (nSPS) is 18.9. The first-order valence-electron chi connectivity index (χ1n) is 19.3. The first kappa shape index (κ1) is 37.8. The van der Waals surface area contributed by atoms with E-state index in [1.54, 1.807) is 17.0 Å². The van der Waals surface area contributed by atoms with Gasteiger partial charge in [0.25, 0.3) is 5.91 Å². The number of fused-ring (bicyclic) bond motifs is 1. The fraction of sp³-hybridized carbons (Fsp3) is 0.356. The van der Waals surface area contributed by atoms with Crippen LogP contribution in [0.25, 0.3) is 11.6 Å². The third kappa shape index (κ3) is 9.62. The standard InChI is InChI=1S/C45H50N4O6/c1-45(54,22-28-55-39-16-10-33(11-17-39)29-35(34-5-3-2-4-6-34)12-7-32-8-14-38(50)15-9-32)21-23-47-24-26-48(27-25-47)37-13-18-40-36(30-37)31-49(44(40)53)41-19-20-42(51)46-43(41)52/h2-6,8-11,13-18,29-30,41,50,54H,7,12,19-28,31H2,1H3,(H,46,51,52)/b35-29-. The Morgan fingerprint density at radius 2 is 1.65 bits per heavy atom. The number of hydrogen-bond donors (Lipinski definition) is 3. The molecule has 0 aliphatic carbocycles. The minimum atomic E-state index is -0.858. The van der Waals surface area contributed by atoms with Crippen LogP contribution in [0.2, 0.25) is 0 Å². The minimum Gasteiger partial charge on any atom is -0.508 e. The quantitative estimate of drug-likeness (QED) is 0.105. The maximum Gasteiger partial charge on any atom is 0.255 e. The minimum absolute atomic E-state index is 0.156. The Morgan fingerprint density at radius 1 is 0.909 bits per heavy atom. The largest absolute Gasteiger partial charge is 0.508 e. The highest BCUT2D eigenvalue weighted by atomic mass is 16.5. The van der Waals surface area contributed by atoms with E-state index < -0.39 is 17.6 Å². The average molecular weight is 743 g/mol. The Hall–Kier alpha value is -5.45. The van der Waals surface area contributed by atoms with E-state index in [1.807, 2.05) is 49.4 Å². The van der Waals surface area contributed by atoms with Crippen LogP contribution < -0.4 is 15.0 Å². The Kier molecular flexibility index (Phi) is 11.6. The van der Waals surface area contributed by atoms with Gasteiger partial charge in [0.05, 0.1) is 12.2 Å². The molecule has 3 aliphatic rings. The zero-order valence-electron chi connectivity index (χ0n) is 31.5. The number of imide groups is 1. The summed E-state index contributed by atoms with van der Waals surface area (Å²) >= 11 is 0. The van der Waals surface area contributed by atoms with Crippen LogP contribution in [0.15, 0.2) is 97.1 Å². The number of phenolic OH excluding ortho intramolecular Hbond substituents is 1. The molecule has 7 rings (SSSR count). The summed E-state index contributed by atoms with van der Waals surface area (Å²) in [4.78, 5) is 43.4. The number of allylic oxidation sites excluding steroid dienone is 1. The van der Waals surface area contributed by atoms with Crippen molar-refractivity contribution in [3.8, 4) is 11.5 Å². The van der Waals surface area contributed by atoms with Gasteiger partial charge in [0, 0.05) is 63.4 Å². The highest BCUT2D eigenvalue weighted by molar-refractivity contribution is 6.05. The van der Waals surface area contributed by atoms with E-state index in [2.05, 4.69) is 63.7 Å². The molecule has 0 saturated carbocycles. The van der Waals surface area contributed by atoms with Crippen LogP contribution in [0.4, 0.5) is 5.69 Å². The molecule has 286 valence electrons. The van der Waals surface area contributed by atoms with Gasteiger partial charge in [-0.05, 0) is 103 Å². The number of aryl methyl sites for hydroxylation is 1. The second-order valence-electron chi connectivity index (χ2n) is 15.2. The SMILES string of the molecule is CC(O)(CCOc1ccc(/C=C(/CCc2ccc(O)cc2)c2ccccc2)cc1)CCN1CCN(c2ccc3c(c2)CN(C2CCC(=O)NC2=O)C3=O)CC1. The number of phenols is 1. The van der Waals surface area contributed by atoms with Crippen LogP contribution >= 0.6 is 0 Å². The van der Waals surface area contributed by atoms with Gasteiger partial charge in [-0.2, -0.15) is 0 Å². The number of ether oxygens (including phenoxy) is 1. The van der Waals surface area contributed by atoms with Gasteiger partial charge in [-0.3, -0.25) is 24.6 Å². The molecule has 3 aliphatic heterocycles. The third-order valence-electron chi connectivity index (χ3n) is 11.1. The van der Waals surface area contributed by atoms with Gasteiger partial charge in [-0.15, -0.1) is 0 Å². The third-order valence-corrected chi connectivity index (χ3v) is 11.1. The number of aromatic hydroxyl groups is 1. The molecule has 10 heteroatoms. The number of hydrogen-bond acceptors (Lipinski definition) is 8. The van der Waals surface area contributed by atoms with E-state index in [4.69, 9.17) is 4.74 Å². The molecule has 2 atom stereocenters. The van der Waals surface area contributed by atoms with Crippen LogP contribution in [0.1, 0.15) is 71.6 Å². The summed E-state index contributed by atoms with van der Waals surface area (Å²) in [6.45, 7) is 6.88. The zero-order valence-corrected chi connectivity index (χ0v) is 31.5. The van der Waals surface area contributed by atoms with Crippen molar-refractivity contribution in [2.45, 2.75) is 63.6 Å². The van der Waals surface area contributed by atoms with Gasteiger partial charge >= 0.3 is 0 Å². The van der Waals surface area contributed by atoms with E-state index in [0.717, 1.165) is 68.1 Å². The summed E-state index contributed by atoms with van der Waals surface area (Å²) in [5.74, 6) is 0.209. The van der Waals surface area contributed by atoms with Crippen molar-refractivity contribution in [3.05, 3.63) is 125 Å². The number of carbonyl (C=O) groups excluding carboxylic acids is 3. The predicted molar refractivity (Wildman–Crippen MR) is 214 cm³/mol. The van der Waals surface area contributed by atoms with Gasteiger partial charge in [0.15, 0.2) is 0 Å². The maximum absolute atomic E-state index is 13.1. The maximum atomic E-state index is 13.1. The second kappa shape index (κ2) is 16.9. The van der Waals surface area contributed by atoms with Gasteiger partial charge in [-0.25, -0.2) is 0 Å². The van der Waals surface area contributed by atoms with Gasteiger partial charge in [-0.1, -0.05) is 60.7 Å². The summed E-state index contributed by atoms with van der Waals surface area (Å²) in [6.07, 6.45) is 5.71. The average Bonchev–Trinajstić information content (AvgIpc) is 3.52. The van der Waals surface area contributed by atoms with E-state index in [-0.39, 0.29) is 24.0 Å². The predicted octanol–water partition coefficient (Wildman–Crippen LogP) is 6.06. The Bertz CT molecular complexity index is 2000. The first-order chi connectivity index (χ1) is 26.6. The van der Waals surface area contributed by atoms with Crippen molar-refractivity contribution >= 4 is 35.1 Å². The smallest absolute Gasteiger partial charge is 0.255 e. The van der Waals surface area contributed by atoms with Crippen LogP contribution in [0, 0.1) is 0 Å². The molecule has 3 heterocycles. The van der Waals surface area contributed by atoms with E-state index >= 15 is 0 Å². The van der Waals surface area contributed by atoms with Crippen LogP contribution in [0.5, 0.6) is 11.5 Å². The van der Waals surface area contributed by atoms with Crippen LogP contribution in [-0.4, -0.2) is 88.7 Å². The van der Waals surface area contributed by atoms with Crippen molar-refractivity contribution in [1.82, 2.24) is 15.1 Å². The number of amides is 3. The van der Waals surface area contributed by atoms with Crippen molar-refractivity contribution in [2.24, 2.45) is 0 Å². The van der Waals surface area contributed by atoms with Crippen LogP contribution in [-0.2, 0) is 22.6 Å². The molecule has 4 aromatic carbocycles. The second-order valence-corrected chi connectivity index (χ2v) is 15.2. The lowest BCUT2D eigenvalue weighted by Gasteiger charge is -2.37. The molecule has 0 bridgehead atoms. The van der Waals surface area contributed by atoms with E-state index in [9.17, 15) is 24.6 Å². The van der Waals surface area contributed by atoms with Gasteiger partial charge in [0.1, 0.15) is 17.5 Å². The lowest BCUT2D eigenvalue weighted by Crippen LogP contribution is -2.52. The Morgan fingerprint density at radius 3 is 2.38 bits per heavy atom. The van der Waals surface area contributed by atoms with Crippen molar-refractivity contribution < 1.29 is 29.3 Å². The molecular formula is C45H50N4O6. The molecule has 0 spiro atoms. The number of anilines is 1. The fourth-order valence-electron chi connectivity index (χ4n) is 7.66. The Balaban J connectivity index is 0.849. The summed E-state index contributed by atoms with van der Waals surface area (Å²) in [5, 5.41) is 23.2. The number of piperazine rings is 1. The summed E-state index contributed by atoms with van der Waals surface area (Å²) in [6, 6.07) is 31.2. The zero-order chi connectivity index (χ0) is 38.4. The van der Waals surface area contributed by atoms with E-state index in [0.29, 0.717) is 38.0 Å². The number of carbonyl (C=O) groups is 3. The Labute approximate surface area is 323 Å². The monoisotopic (exact) mass is 742 g/mol. The number of aliphatic hydroxyl groups is 1. The molecule has 2 saturated heterocycles. The highest BCUT2D eigenvalue weighted by Gasteiger charge is 2.39. The molecule has 10 nitrogen and oxygen atoms in total. The number of nitrogens with zero attached hydrogens (tertiary/aromatic N) is 3. The number of nitrogens with one attached hydrogen (secondary N) is 1. The van der Waals surface area contributed by atoms with Crippen molar-refractivity contribution in [3.63, 3.8) is 0 Å². The van der Waals surface area contributed by atoms with Crippen molar-refractivity contribution in [1.29, 1.82) is 0 Å². The summed E-state index contributed by atoms with van der Waals surface area (Å²) in [5.41, 5.74) is 6.43. The first-order valence-corrected chi connectivity index (χ1v) is 19.3. The number of rotatable bonds is 14. The summed E-state index contributed by atoms with van der Waals surface area (Å²) < 4.78 is 6.07. The molecule has 0 aromatic heterocycles. The highest BCUT2D eigenvalue weighted by Crippen LogP contribution is 2.31. The molecular weight excluding hydrogens is 693 g/mol. The molecule has 0 radical (unpaired) electrons. The van der Waals surface area contributed by atoms with Crippen molar-refractivity contribution in [2.75, 3.05) is 44.2 Å². The fourth-order valence-corrected chi connectivity index (χ4v) is 7.66. The molecule has 2 unspecified atom stereocenters. The summed E-state index contributed by atoms with van der Waals surface area (Å²) in [7, 11) is 0. The molecule has 3 amide bonds.